The third-order valence-electron chi connectivity index (χ3n) is 4.49. The van der Waals surface area contributed by atoms with Gasteiger partial charge in [0.15, 0.2) is 0 Å². The highest BCUT2D eigenvalue weighted by Crippen LogP contribution is 2.31. The van der Waals surface area contributed by atoms with E-state index in [1.54, 1.807) is 41.6 Å². The molecule has 9 heteroatoms. The van der Waals surface area contributed by atoms with Crippen molar-refractivity contribution in [2.24, 2.45) is 0 Å². The molecule has 0 saturated heterocycles. The van der Waals surface area contributed by atoms with Gasteiger partial charge in [0.1, 0.15) is 23.9 Å². The third-order valence-corrected chi connectivity index (χ3v) is 4.49. The summed E-state index contributed by atoms with van der Waals surface area (Å²) in [7, 11) is 0. The lowest BCUT2D eigenvalue weighted by Gasteiger charge is -2.19. The molecule has 1 aliphatic rings. The SMILES string of the molecule is O=C1c2cc(-c3ccc(OC(F)(F)F)cc3)ccc2OCCN1Cc1ncccn1. The van der Waals surface area contributed by atoms with Gasteiger partial charge in [-0.15, -0.1) is 13.2 Å². The third kappa shape index (κ3) is 4.51. The molecule has 1 aliphatic heterocycles. The number of rotatable bonds is 4. The minimum absolute atomic E-state index is 0.228. The zero-order chi connectivity index (χ0) is 21.1. The smallest absolute Gasteiger partial charge is 0.491 e. The van der Waals surface area contributed by atoms with Gasteiger partial charge in [-0.1, -0.05) is 18.2 Å². The number of benzene rings is 2. The Labute approximate surface area is 169 Å². The van der Waals surface area contributed by atoms with E-state index >= 15 is 0 Å². The molecule has 0 spiro atoms. The number of nitrogens with zero attached hydrogens (tertiary/aromatic N) is 3. The minimum atomic E-state index is -4.75. The lowest BCUT2D eigenvalue weighted by molar-refractivity contribution is -0.274. The fraction of sp³-hybridized carbons (Fsp3) is 0.190. The highest BCUT2D eigenvalue weighted by atomic mass is 19.4. The Morgan fingerprint density at radius 1 is 1.03 bits per heavy atom. The summed E-state index contributed by atoms with van der Waals surface area (Å²) in [4.78, 5) is 23.0. The summed E-state index contributed by atoms with van der Waals surface area (Å²) in [6, 6.07) is 12.3. The Bertz CT molecular complexity index is 1040. The van der Waals surface area contributed by atoms with Gasteiger partial charge in [-0.2, -0.15) is 0 Å². The fourth-order valence-corrected chi connectivity index (χ4v) is 3.12. The van der Waals surface area contributed by atoms with Crippen LogP contribution < -0.4 is 9.47 Å². The number of aromatic nitrogens is 2. The van der Waals surface area contributed by atoms with Crippen molar-refractivity contribution in [3.05, 3.63) is 72.3 Å². The van der Waals surface area contributed by atoms with Crippen LogP contribution in [0.25, 0.3) is 11.1 Å². The van der Waals surface area contributed by atoms with Crippen LogP contribution in [-0.4, -0.2) is 40.3 Å². The maximum absolute atomic E-state index is 13.1. The number of carbonyl (C=O) groups excluding carboxylic acids is 1. The lowest BCUT2D eigenvalue weighted by atomic mass is 10.0. The van der Waals surface area contributed by atoms with E-state index in [1.165, 1.54) is 24.3 Å². The maximum Gasteiger partial charge on any atom is 0.573 e. The number of amides is 1. The molecule has 0 N–H and O–H groups in total. The van der Waals surface area contributed by atoms with Gasteiger partial charge in [0.2, 0.25) is 0 Å². The van der Waals surface area contributed by atoms with Crippen LogP contribution in [0.1, 0.15) is 16.2 Å². The van der Waals surface area contributed by atoms with Gasteiger partial charge in [-0.3, -0.25) is 4.79 Å². The quantitative estimate of drug-likeness (QED) is 0.643. The van der Waals surface area contributed by atoms with Gasteiger partial charge in [0, 0.05) is 12.4 Å². The second-order valence-electron chi connectivity index (χ2n) is 6.52. The first-order valence-electron chi connectivity index (χ1n) is 9.07. The zero-order valence-electron chi connectivity index (χ0n) is 15.6. The maximum atomic E-state index is 13.1. The van der Waals surface area contributed by atoms with E-state index in [2.05, 4.69) is 14.7 Å². The molecule has 3 aromatic rings. The van der Waals surface area contributed by atoms with Gasteiger partial charge in [0.05, 0.1) is 18.7 Å². The molecule has 0 atom stereocenters. The van der Waals surface area contributed by atoms with Crippen molar-refractivity contribution in [3.63, 3.8) is 0 Å². The van der Waals surface area contributed by atoms with Crippen molar-refractivity contribution in [2.75, 3.05) is 13.2 Å². The molecule has 0 saturated carbocycles. The number of carbonyl (C=O) groups is 1. The van der Waals surface area contributed by atoms with Crippen molar-refractivity contribution in [3.8, 4) is 22.6 Å². The Morgan fingerprint density at radius 2 is 1.73 bits per heavy atom. The summed E-state index contributed by atoms with van der Waals surface area (Å²) in [5.74, 6) is 0.436. The van der Waals surface area contributed by atoms with Crippen LogP contribution in [0.2, 0.25) is 0 Å². The lowest BCUT2D eigenvalue weighted by Crippen LogP contribution is -2.32. The molecule has 4 rings (SSSR count). The molecule has 30 heavy (non-hydrogen) atoms. The number of hydrogen-bond acceptors (Lipinski definition) is 5. The van der Waals surface area contributed by atoms with Crippen molar-refractivity contribution < 1.29 is 27.4 Å². The van der Waals surface area contributed by atoms with Gasteiger partial charge in [0.25, 0.3) is 5.91 Å². The number of hydrogen-bond donors (Lipinski definition) is 0. The molecule has 0 fully saturated rings. The summed E-state index contributed by atoms with van der Waals surface area (Å²) >= 11 is 0. The molecule has 6 nitrogen and oxygen atoms in total. The van der Waals surface area contributed by atoms with Gasteiger partial charge in [-0.25, -0.2) is 9.97 Å². The predicted molar refractivity (Wildman–Crippen MR) is 101 cm³/mol. The molecule has 2 heterocycles. The van der Waals surface area contributed by atoms with E-state index in [9.17, 15) is 18.0 Å². The molecule has 0 unspecified atom stereocenters. The average Bonchev–Trinajstić information content (AvgIpc) is 2.87. The Morgan fingerprint density at radius 3 is 2.43 bits per heavy atom. The van der Waals surface area contributed by atoms with Crippen LogP contribution in [0, 0.1) is 0 Å². The normalized spacial score (nSPS) is 14.0. The van der Waals surface area contributed by atoms with Crippen LogP contribution in [0.15, 0.2) is 60.9 Å². The predicted octanol–water partition coefficient (Wildman–Crippen LogP) is 4.08. The van der Waals surface area contributed by atoms with Crippen LogP contribution in [0.3, 0.4) is 0 Å². The molecule has 0 aliphatic carbocycles. The van der Waals surface area contributed by atoms with E-state index in [0.717, 1.165) is 0 Å². The molecule has 0 radical (unpaired) electrons. The number of fused-ring (bicyclic) bond motifs is 1. The fourth-order valence-electron chi connectivity index (χ4n) is 3.12. The molecular weight excluding hydrogens is 399 g/mol. The number of halogens is 3. The van der Waals surface area contributed by atoms with E-state index in [1.807, 2.05) is 0 Å². The Balaban J connectivity index is 1.59. The van der Waals surface area contributed by atoms with E-state index < -0.39 is 6.36 Å². The molecular formula is C21H16F3N3O3. The Hall–Kier alpha value is -3.62. The van der Waals surface area contributed by atoms with Crippen molar-refractivity contribution in [1.82, 2.24) is 14.9 Å². The van der Waals surface area contributed by atoms with Crippen molar-refractivity contribution in [2.45, 2.75) is 12.9 Å². The van der Waals surface area contributed by atoms with Gasteiger partial charge >= 0.3 is 6.36 Å². The number of ether oxygens (including phenoxy) is 2. The summed E-state index contributed by atoms with van der Waals surface area (Å²) < 4.78 is 46.6. The summed E-state index contributed by atoms with van der Waals surface area (Å²) in [6.07, 6.45) is -1.53. The highest BCUT2D eigenvalue weighted by Gasteiger charge is 2.31. The standard InChI is InChI=1S/C21H16F3N3O3/c22-21(23,24)30-16-5-2-14(3-6-16)15-4-7-18-17(12-15)20(28)27(10-11-29-18)13-19-25-8-1-9-26-19/h1-9,12H,10-11,13H2. The summed E-state index contributed by atoms with van der Waals surface area (Å²) in [6.45, 7) is 0.954. The minimum Gasteiger partial charge on any atom is -0.491 e. The van der Waals surface area contributed by atoms with Gasteiger partial charge in [-0.05, 0) is 41.5 Å². The molecule has 0 bridgehead atoms. The monoisotopic (exact) mass is 415 g/mol. The second kappa shape index (κ2) is 8.02. The van der Waals surface area contributed by atoms with Gasteiger partial charge < -0.3 is 14.4 Å². The molecule has 1 aromatic heterocycles. The van der Waals surface area contributed by atoms with Crippen LogP contribution in [0.4, 0.5) is 13.2 Å². The largest absolute Gasteiger partial charge is 0.573 e. The summed E-state index contributed by atoms with van der Waals surface area (Å²) in [5, 5.41) is 0. The first-order chi connectivity index (χ1) is 14.4. The highest BCUT2D eigenvalue weighted by molar-refractivity contribution is 5.98. The second-order valence-corrected chi connectivity index (χ2v) is 6.52. The topological polar surface area (TPSA) is 64.6 Å². The first kappa shape index (κ1) is 19.7. The van der Waals surface area contributed by atoms with Crippen LogP contribution >= 0.6 is 0 Å². The summed E-state index contributed by atoms with van der Waals surface area (Å²) in [5.41, 5.74) is 1.68. The van der Waals surface area contributed by atoms with Crippen LogP contribution in [-0.2, 0) is 6.54 Å². The van der Waals surface area contributed by atoms with Crippen molar-refractivity contribution >= 4 is 5.91 Å². The molecule has 2 aromatic carbocycles. The van der Waals surface area contributed by atoms with Crippen LogP contribution in [0.5, 0.6) is 11.5 Å². The average molecular weight is 415 g/mol. The first-order valence-corrected chi connectivity index (χ1v) is 9.07. The molecule has 1 amide bonds. The van der Waals surface area contributed by atoms with E-state index in [-0.39, 0.29) is 18.2 Å². The number of alkyl halides is 3. The van der Waals surface area contributed by atoms with E-state index in [0.29, 0.717) is 41.4 Å². The zero-order valence-corrected chi connectivity index (χ0v) is 15.6. The van der Waals surface area contributed by atoms with E-state index in [4.69, 9.17) is 4.74 Å². The van der Waals surface area contributed by atoms with Crippen molar-refractivity contribution in [1.29, 1.82) is 0 Å². The Kier molecular flexibility index (Phi) is 5.26. The molecule has 154 valence electrons.